The van der Waals surface area contributed by atoms with E-state index in [1.165, 1.54) is 12.1 Å². The predicted octanol–water partition coefficient (Wildman–Crippen LogP) is 3.07. The Labute approximate surface area is 130 Å². The molecule has 2 fully saturated rings. The summed E-state index contributed by atoms with van der Waals surface area (Å²) >= 11 is 3.38. The van der Waals surface area contributed by atoms with Gasteiger partial charge in [0, 0.05) is 31.9 Å². The molecule has 0 radical (unpaired) electrons. The van der Waals surface area contributed by atoms with Crippen LogP contribution in [0.15, 0.2) is 22.7 Å². The van der Waals surface area contributed by atoms with E-state index in [1.807, 2.05) is 0 Å². The summed E-state index contributed by atoms with van der Waals surface area (Å²) in [6.07, 6.45) is 2.39. The number of nitrogens with zero attached hydrogens (tertiary/aromatic N) is 1. The maximum Gasteiger partial charge on any atom is 0.273 e. The maximum atomic E-state index is 10.9. The van der Waals surface area contributed by atoms with Gasteiger partial charge >= 0.3 is 0 Å². The Bertz CT molecular complexity index is 544. The van der Waals surface area contributed by atoms with Crippen molar-refractivity contribution in [3.05, 3.63) is 32.8 Å². The molecule has 2 unspecified atom stereocenters. The second-order valence-corrected chi connectivity index (χ2v) is 6.29. The zero-order chi connectivity index (χ0) is 14.9. The van der Waals surface area contributed by atoms with Gasteiger partial charge in [0.25, 0.3) is 5.69 Å². The highest BCUT2D eigenvalue weighted by molar-refractivity contribution is 9.10. The zero-order valence-corrected chi connectivity index (χ0v) is 13.0. The topological polar surface area (TPSA) is 70.8 Å². The molecule has 21 heavy (non-hydrogen) atoms. The molecule has 1 spiro atoms. The van der Waals surface area contributed by atoms with Crippen molar-refractivity contribution in [1.82, 2.24) is 0 Å². The number of hydrogen-bond acceptors (Lipinski definition) is 5. The number of benzene rings is 1. The van der Waals surface area contributed by atoms with Crippen molar-refractivity contribution in [3.63, 3.8) is 0 Å². The third-order valence-corrected chi connectivity index (χ3v) is 4.59. The van der Waals surface area contributed by atoms with E-state index in [4.69, 9.17) is 14.2 Å². The Morgan fingerprint density at radius 2 is 2.29 bits per heavy atom. The second-order valence-electron chi connectivity index (χ2n) is 5.44. The normalized spacial score (nSPS) is 28.7. The van der Waals surface area contributed by atoms with Crippen LogP contribution in [0, 0.1) is 10.1 Å². The largest absolute Gasteiger partial charge is 0.489 e. The molecule has 2 saturated heterocycles. The number of hydrogen-bond donors (Lipinski definition) is 0. The lowest BCUT2D eigenvalue weighted by atomic mass is 9.91. The van der Waals surface area contributed by atoms with Crippen LogP contribution in [0.2, 0.25) is 0 Å². The van der Waals surface area contributed by atoms with Crippen LogP contribution in [-0.2, 0) is 9.47 Å². The van der Waals surface area contributed by atoms with E-state index < -0.39 is 4.92 Å². The zero-order valence-electron chi connectivity index (χ0n) is 11.4. The van der Waals surface area contributed by atoms with Crippen molar-refractivity contribution in [1.29, 1.82) is 0 Å². The Hall–Kier alpha value is -1.18. The standard InChI is InChI=1S/C14H16BrNO5/c15-12-2-1-10(16(17)18)7-13(12)21-11-3-5-20-14(8-11)4-6-19-9-14/h1-2,7,11H,3-6,8-9H2. The van der Waals surface area contributed by atoms with E-state index in [0.29, 0.717) is 25.6 Å². The summed E-state index contributed by atoms with van der Waals surface area (Å²) in [5.41, 5.74) is -0.213. The molecule has 0 bridgehead atoms. The molecule has 6 nitrogen and oxygen atoms in total. The molecule has 1 aromatic carbocycles. The quantitative estimate of drug-likeness (QED) is 0.614. The fraction of sp³-hybridized carbons (Fsp3) is 0.571. The third kappa shape index (κ3) is 3.20. The van der Waals surface area contributed by atoms with Gasteiger partial charge in [0.1, 0.15) is 11.9 Å². The van der Waals surface area contributed by atoms with Crippen LogP contribution in [0.1, 0.15) is 19.3 Å². The molecule has 0 saturated carbocycles. The SMILES string of the molecule is O=[N+]([O-])c1ccc(Br)c(OC2CCOC3(CCOC3)C2)c1. The lowest BCUT2D eigenvalue weighted by Gasteiger charge is -2.37. The van der Waals surface area contributed by atoms with Crippen LogP contribution >= 0.6 is 15.9 Å². The minimum atomic E-state index is -0.421. The summed E-state index contributed by atoms with van der Waals surface area (Å²) in [6, 6.07) is 4.55. The summed E-state index contributed by atoms with van der Waals surface area (Å²) < 4.78 is 18.0. The first-order chi connectivity index (χ1) is 10.1. The van der Waals surface area contributed by atoms with E-state index >= 15 is 0 Å². The smallest absolute Gasteiger partial charge is 0.273 e. The average Bonchev–Trinajstić information content (AvgIpc) is 2.89. The second kappa shape index (κ2) is 5.90. The molecule has 2 aliphatic heterocycles. The highest BCUT2D eigenvalue weighted by Gasteiger charge is 2.42. The van der Waals surface area contributed by atoms with Gasteiger partial charge in [-0.1, -0.05) is 0 Å². The molecule has 0 aliphatic carbocycles. The average molecular weight is 358 g/mol. The number of halogens is 1. The van der Waals surface area contributed by atoms with Gasteiger partial charge in [-0.25, -0.2) is 0 Å². The van der Waals surface area contributed by atoms with E-state index in [9.17, 15) is 10.1 Å². The first kappa shape index (κ1) is 14.7. The number of nitro benzene ring substituents is 1. The van der Waals surface area contributed by atoms with Gasteiger partial charge < -0.3 is 14.2 Å². The molecule has 0 N–H and O–H groups in total. The van der Waals surface area contributed by atoms with Crippen molar-refractivity contribution in [2.75, 3.05) is 19.8 Å². The molecule has 2 atom stereocenters. The van der Waals surface area contributed by atoms with Gasteiger partial charge in [0.15, 0.2) is 0 Å². The van der Waals surface area contributed by atoms with E-state index in [2.05, 4.69) is 15.9 Å². The van der Waals surface area contributed by atoms with Gasteiger partial charge in [0.05, 0.1) is 34.3 Å². The van der Waals surface area contributed by atoms with Crippen molar-refractivity contribution in [2.24, 2.45) is 0 Å². The maximum absolute atomic E-state index is 10.9. The van der Waals surface area contributed by atoms with Gasteiger partial charge in [0.2, 0.25) is 0 Å². The molecule has 0 aromatic heterocycles. The van der Waals surface area contributed by atoms with Crippen molar-refractivity contribution in [2.45, 2.75) is 31.0 Å². The van der Waals surface area contributed by atoms with E-state index in [-0.39, 0.29) is 17.4 Å². The monoisotopic (exact) mass is 357 g/mol. The van der Waals surface area contributed by atoms with Gasteiger partial charge in [-0.2, -0.15) is 0 Å². The van der Waals surface area contributed by atoms with Crippen LogP contribution < -0.4 is 4.74 Å². The van der Waals surface area contributed by atoms with Crippen molar-refractivity contribution < 1.29 is 19.1 Å². The summed E-state index contributed by atoms with van der Waals surface area (Å²) in [7, 11) is 0. The third-order valence-electron chi connectivity index (χ3n) is 3.93. The first-order valence-electron chi connectivity index (χ1n) is 6.90. The van der Waals surface area contributed by atoms with Gasteiger partial charge in [-0.3, -0.25) is 10.1 Å². The number of non-ortho nitro benzene ring substituents is 1. The Kier molecular flexibility index (Phi) is 4.14. The Morgan fingerprint density at radius 1 is 1.43 bits per heavy atom. The molecule has 7 heteroatoms. The number of rotatable bonds is 3. The fourth-order valence-corrected chi connectivity index (χ4v) is 3.16. The van der Waals surface area contributed by atoms with Gasteiger partial charge in [-0.05, 0) is 22.0 Å². The summed E-state index contributed by atoms with van der Waals surface area (Å²) in [4.78, 5) is 10.4. The van der Waals surface area contributed by atoms with Crippen LogP contribution in [0.4, 0.5) is 5.69 Å². The van der Waals surface area contributed by atoms with Gasteiger partial charge in [-0.15, -0.1) is 0 Å². The Morgan fingerprint density at radius 3 is 3.00 bits per heavy atom. The molecular weight excluding hydrogens is 342 g/mol. The predicted molar refractivity (Wildman–Crippen MR) is 78.6 cm³/mol. The summed E-state index contributed by atoms with van der Waals surface area (Å²) in [5, 5.41) is 10.9. The number of nitro groups is 1. The molecular formula is C14H16BrNO5. The van der Waals surface area contributed by atoms with Crippen LogP contribution in [-0.4, -0.2) is 36.4 Å². The molecule has 0 amide bonds. The Balaban J connectivity index is 1.74. The lowest BCUT2D eigenvalue weighted by molar-refractivity contribution is -0.385. The summed E-state index contributed by atoms with van der Waals surface area (Å²) in [5.74, 6) is 0.505. The fourth-order valence-electron chi connectivity index (χ4n) is 2.82. The van der Waals surface area contributed by atoms with Crippen molar-refractivity contribution >= 4 is 21.6 Å². The molecule has 1 aromatic rings. The summed E-state index contributed by atoms with van der Waals surface area (Å²) in [6.45, 7) is 1.94. The first-order valence-corrected chi connectivity index (χ1v) is 7.70. The minimum Gasteiger partial charge on any atom is -0.489 e. The van der Waals surface area contributed by atoms with E-state index in [1.54, 1.807) is 6.07 Å². The molecule has 114 valence electrons. The van der Waals surface area contributed by atoms with Crippen LogP contribution in [0.3, 0.4) is 0 Å². The van der Waals surface area contributed by atoms with Crippen LogP contribution in [0.5, 0.6) is 5.75 Å². The number of ether oxygens (including phenoxy) is 3. The minimum absolute atomic E-state index is 0.0150. The highest BCUT2D eigenvalue weighted by Crippen LogP contribution is 2.36. The molecule has 2 heterocycles. The van der Waals surface area contributed by atoms with E-state index in [0.717, 1.165) is 23.7 Å². The van der Waals surface area contributed by atoms with Crippen molar-refractivity contribution in [3.8, 4) is 5.75 Å². The lowest BCUT2D eigenvalue weighted by Crippen LogP contribution is -2.44. The molecule has 2 aliphatic rings. The van der Waals surface area contributed by atoms with Crippen LogP contribution in [0.25, 0.3) is 0 Å². The highest BCUT2D eigenvalue weighted by atomic mass is 79.9. The molecule has 3 rings (SSSR count).